The summed E-state index contributed by atoms with van der Waals surface area (Å²) in [6.07, 6.45) is 5.28. The van der Waals surface area contributed by atoms with Crippen LogP contribution in [-0.4, -0.2) is 61.5 Å². The molecule has 1 aliphatic heterocycles. The summed E-state index contributed by atoms with van der Waals surface area (Å²) in [7, 11) is 0. The third-order valence-corrected chi connectivity index (χ3v) is 5.58. The third kappa shape index (κ3) is 4.86. The highest BCUT2D eigenvalue weighted by Gasteiger charge is 2.20. The molecule has 1 fully saturated rings. The molecule has 186 valence electrons. The van der Waals surface area contributed by atoms with Crippen molar-refractivity contribution in [2.75, 3.05) is 41.8 Å². The van der Waals surface area contributed by atoms with E-state index in [1.807, 2.05) is 23.1 Å². The largest absolute Gasteiger partial charge is 0.378 e. The van der Waals surface area contributed by atoms with Gasteiger partial charge in [0.05, 0.1) is 31.3 Å². The van der Waals surface area contributed by atoms with E-state index in [-0.39, 0.29) is 5.91 Å². The van der Waals surface area contributed by atoms with E-state index in [9.17, 15) is 13.6 Å². The number of nitrogens with one attached hydrogen (secondary N) is 2. The minimum atomic E-state index is -2.75. The van der Waals surface area contributed by atoms with Crippen LogP contribution >= 0.6 is 0 Å². The second-order valence-corrected chi connectivity index (χ2v) is 7.96. The Hall–Kier alpha value is -4.39. The first-order valence-corrected chi connectivity index (χ1v) is 11.2. The molecule has 36 heavy (non-hydrogen) atoms. The predicted octanol–water partition coefficient (Wildman–Crippen LogP) is 2.98. The van der Waals surface area contributed by atoms with Crippen LogP contribution in [0.15, 0.2) is 55.6 Å². The summed E-state index contributed by atoms with van der Waals surface area (Å²) in [5.41, 5.74) is 2.87. The van der Waals surface area contributed by atoms with Crippen LogP contribution in [0.3, 0.4) is 0 Å². The number of carbonyl (C=O) groups is 1. The molecule has 1 saturated heterocycles. The van der Waals surface area contributed by atoms with Gasteiger partial charge in [0, 0.05) is 25.3 Å². The Bertz CT molecular complexity index is 1400. The molecule has 1 aliphatic rings. The molecule has 0 saturated carbocycles. The molecule has 0 unspecified atom stereocenters. The van der Waals surface area contributed by atoms with Gasteiger partial charge >= 0.3 is 6.55 Å². The molecule has 4 aromatic rings. The topological polar surface area (TPSA) is 115 Å². The zero-order valence-electron chi connectivity index (χ0n) is 19.1. The molecule has 1 amide bonds. The summed E-state index contributed by atoms with van der Waals surface area (Å²) in [5.74, 6) is 0.666. The number of aromatic nitrogens is 6. The number of halogens is 2. The maximum absolute atomic E-state index is 13.1. The molecule has 2 N–H and O–H groups in total. The number of morpholine rings is 1. The first-order valence-electron chi connectivity index (χ1n) is 11.2. The zero-order valence-corrected chi connectivity index (χ0v) is 19.1. The van der Waals surface area contributed by atoms with Crippen LogP contribution in [0, 0.1) is 0 Å². The molecule has 0 aliphatic carbocycles. The van der Waals surface area contributed by atoms with Gasteiger partial charge < -0.3 is 20.3 Å². The minimum Gasteiger partial charge on any atom is -0.378 e. The van der Waals surface area contributed by atoms with Crippen molar-refractivity contribution >= 4 is 34.5 Å². The average molecular weight is 495 g/mol. The number of hydrogen-bond donors (Lipinski definition) is 2. The Balaban J connectivity index is 1.49. The van der Waals surface area contributed by atoms with Crippen molar-refractivity contribution in [1.29, 1.82) is 0 Å². The van der Waals surface area contributed by atoms with E-state index in [1.54, 1.807) is 10.6 Å². The van der Waals surface area contributed by atoms with E-state index in [0.717, 1.165) is 5.56 Å². The van der Waals surface area contributed by atoms with Crippen molar-refractivity contribution in [3.63, 3.8) is 0 Å². The lowest BCUT2D eigenvalue weighted by atomic mass is 10.2. The molecule has 11 nitrogen and oxygen atoms in total. The van der Waals surface area contributed by atoms with Gasteiger partial charge in [-0.25, -0.2) is 9.67 Å². The highest BCUT2D eigenvalue weighted by atomic mass is 19.3. The first kappa shape index (κ1) is 23.4. The van der Waals surface area contributed by atoms with Crippen LogP contribution in [0.5, 0.6) is 0 Å². The van der Waals surface area contributed by atoms with Crippen molar-refractivity contribution in [1.82, 2.24) is 29.3 Å². The van der Waals surface area contributed by atoms with Gasteiger partial charge in [0.2, 0.25) is 11.9 Å². The van der Waals surface area contributed by atoms with Gasteiger partial charge in [0.1, 0.15) is 6.33 Å². The average Bonchev–Trinajstić information content (AvgIpc) is 3.55. The van der Waals surface area contributed by atoms with Crippen LogP contribution < -0.4 is 15.5 Å². The first-order chi connectivity index (χ1) is 17.5. The van der Waals surface area contributed by atoms with Crippen molar-refractivity contribution in [3.8, 4) is 5.69 Å². The zero-order chi connectivity index (χ0) is 25.1. The summed E-state index contributed by atoms with van der Waals surface area (Å²) in [6.45, 7) is 3.44. The molecular weight excluding hydrogens is 472 g/mol. The van der Waals surface area contributed by atoms with Crippen LogP contribution in [0.1, 0.15) is 12.1 Å². The lowest BCUT2D eigenvalue weighted by molar-refractivity contribution is -0.111. The Labute approximate surface area is 204 Å². The number of benzene rings is 1. The number of amides is 1. The quantitative estimate of drug-likeness (QED) is 0.359. The molecule has 13 heteroatoms. The normalized spacial score (nSPS) is 13.8. The number of ether oxygens (including phenoxy) is 1. The summed E-state index contributed by atoms with van der Waals surface area (Å²) in [6, 6.07) is 7.37. The molecule has 3 aromatic heterocycles. The van der Waals surface area contributed by atoms with Crippen LogP contribution in [0.4, 0.5) is 26.2 Å². The van der Waals surface area contributed by atoms with Crippen molar-refractivity contribution in [2.45, 2.75) is 13.1 Å². The number of anilines is 3. The highest BCUT2D eigenvalue weighted by molar-refractivity contribution is 5.98. The predicted molar refractivity (Wildman–Crippen MR) is 129 cm³/mol. The van der Waals surface area contributed by atoms with Crippen molar-refractivity contribution in [2.24, 2.45) is 0 Å². The fourth-order valence-corrected chi connectivity index (χ4v) is 3.80. The third-order valence-electron chi connectivity index (χ3n) is 5.58. The number of nitrogens with zero attached hydrogens (tertiary/aromatic N) is 7. The molecule has 5 rings (SSSR count). The maximum Gasteiger partial charge on any atom is 0.333 e. The molecule has 0 bridgehead atoms. The van der Waals surface area contributed by atoms with Gasteiger partial charge in [-0.05, 0) is 23.8 Å². The number of carbonyl (C=O) groups excluding carboxylic acids is 1. The van der Waals surface area contributed by atoms with Gasteiger partial charge in [-0.15, -0.1) is 0 Å². The molecule has 1 aromatic carbocycles. The number of fused-ring (bicyclic) bond motifs is 1. The second kappa shape index (κ2) is 10.1. The number of hydrogen-bond acceptors (Lipinski definition) is 8. The highest BCUT2D eigenvalue weighted by Crippen LogP contribution is 2.26. The SMILES string of the molecule is C=CC(=O)Nc1cccc(CNc2nc(N3CCOCC3)nc3c2ncn3-c2cnn(C(F)F)c2)c1. The fourth-order valence-electron chi connectivity index (χ4n) is 3.80. The van der Waals surface area contributed by atoms with Crippen LogP contribution in [0.25, 0.3) is 16.9 Å². The summed E-state index contributed by atoms with van der Waals surface area (Å²) in [5, 5.41) is 9.77. The summed E-state index contributed by atoms with van der Waals surface area (Å²) >= 11 is 0. The van der Waals surface area contributed by atoms with Crippen LogP contribution in [-0.2, 0) is 16.1 Å². The lowest BCUT2D eigenvalue weighted by Crippen LogP contribution is -2.37. The van der Waals surface area contributed by atoms with E-state index in [4.69, 9.17) is 14.7 Å². The van der Waals surface area contributed by atoms with Gasteiger partial charge in [-0.1, -0.05) is 18.7 Å². The van der Waals surface area contributed by atoms with Gasteiger partial charge in [-0.3, -0.25) is 9.36 Å². The number of alkyl halides is 2. The number of rotatable bonds is 8. The fraction of sp³-hybridized carbons (Fsp3) is 0.261. The lowest BCUT2D eigenvalue weighted by Gasteiger charge is -2.27. The minimum absolute atomic E-state index is 0.298. The molecule has 0 atom stereocenters. The van der Waals surface area contributed by atoms with Gasteiger partial charge in [0.15, 0.2) is 17.0 Å². The van der Waals surface area contributed by atoms with Gasteiger partial charge in [0.25, 0.3) is 0 Å². The summed E-state index contributed by atoms with van der Waals surface area (Å²) < 4.78 is 33.8. The van der Waals surface area contributed by atoms with E-state index in [1.165, 1.54) is 24.8 Å². The van der Waals surface area contributed by atoms with Crippen LogP contribution in [0.2, 0.25) is 0 Å². The monoisotopic (exact) mass is 495 g/mol. The Morgan fingerprint density at radius 1 is 1.25 bits per heavy atom. The van der Waals surface area contributed by atoms with E-state index in [0.29, 0.717) is 71.8 Å². The second-order valence-electron chi connectivity index (χ2n) is 7.96. The smallest absolute Gasteiger partial charge is 0.333 e. The molecule has 0 radical (unpaired) electrons. The van der Waals surface area contributed by atoms with Crippen molar-refractivity contribution in [3.05, 3.63) is 61.2 Å². The Morgan fingerprint density at radius 2 is 2.08 bits per heavy atom. The standard InChI is InChI=1S/C23H23F2N9O2/c1-2-18(35)29-16-5-3-4-15(10-16)11-26-20-19-21(31-23(30-20)32-6-8-36-9-7-32)33(14-27-19)17-12-28-34(13-17)22(24)25/h2-5,10,12-14,22H,1,6-9,11H2,(H,29,35)(H,26,30,31). The van der Waals surface area contributed by atoms with Gasteiger partial charge in [-0.2, -0.15) is 23.8 Å². The van der Waals surface area contributed by atoms with E-state index < -0.39 is 6.55 Å². The Kier molecular flexibility index (Phi) is 6.54. The maximum atomic E-state index is 13.1. The van der Waals surface area contributed by atoms with Crippen molar-refractivity contribution < 1.29 is 18.3 Å². The molecule has 4 heterocycles. The molecular formula is C23H23F2N9O2. The van der Waals surface area contributed by atoms with E-state index >= 15 is 0 Å². The Morgan fingerprint density at radius 3 is 2.83 bits per heavy atom. The summed E-state index contributed by atoms with van der Waals surface area (Å²) in [4.78, 5) is 27.5. The number of imidazole rings is 1. The molecule has 0 spiro atoms. The van der Waals surface area contributed by atoms with E-state index in [2.05, 4.69) is 27.3 Å².